The normalized spacial score (nSPS) is 16.8. The summed E-state index contributed by atoms with van der Waals surface area (Å²) in [5.74, 6) is 0.888. The van der Waals surface area contributed by atoms with Crippen molar-refractivity contribution in [1.29, 1.82) is 0 Å². The molecular formula is C19H22N2O2S. The molecule has 1 aromatic heterocycles. The molecular weight excluding hydrogens is 320 g/mol. The number of hydrogen-bond donors (Lipinski definition) is 0. The van der Waals surface area contributed by atoms with E-state index < -0.39 is 0 Å². The Morgan fingerprint density at radius 2 is 2.21 bits per heavy atom. The molecule has 4 nitrogen and oxygen atoms in total. The second-order valence-corrected chi connectivity index (χ2v) is 6.79. The average molecular weight is 342 g/mol. The standard InChI is InChI=1S/C19H22N2O2S/c1-3-21-14-15(23-18-9-5-4-8-17(18)21)13-20(2)19(22)11-10-16-7-6-12-24-16/h4-12,15H,3,13-14H2,1-2H3/b11-10+/t15-/m1/s1. The highest BCUT2D eigenvalue weighted by atomic mass is 32.1. The van der Waals surface area contributed by atoms with Gasteiger partial charge in [-0.3, -0.25) is 4.79 Å². The van der Waals surface area contributed by atoms with Crippen molar-refractivity contribution in [2.45, 2.75) is 13.0 Å². The maximum atomic E-state index is 12.3. The molecule has 2 heterocycles. The minimum Gasteiger partial charge on any atom is -0.485 e. The van der Waals surface area contributed by atoms with Crippen LogP contribution in [0.25, 0.3) is 6.08 Å². The largest absolute Gasteiger partial charge is 0.485 e. The van der Waals surface area contributed by atoms with E-state index in [1.807, 2.05) is 48.8 Å². The number of ether oxygens (including phenoxy) is 1. The van der Waals surface area contributed by atoms with Crippen molar-refractivity contribution >= 4 is 29.0 Å². The van der Waals surface area contributed by atoms with Crippen molar-refractivity contribution < 1.29 is 9.53 Å². The summed E-state index contributed by atoms with van der Waals surface area (Å²) < 4.78 is 6.08. The minimum absolute atomic E-state index is 0.00564. The summed E-state index contributed by atoms with van der Waals surface area (Å²) in [6.07, 6.45) is 3.46. The number of carbonyl (C=O) groups is 1. The number of rotatable bonds is 5. The number of thiophene rings is 1. The Morgan fingerprint density at radius 3 is 2.96 bits per heavy atom. The predicted molar refractivity (Wildman–Crippen MR) is 99.7 cm³/mol. The number of benzene rings is 1. The maximum Gasteiger partial charge on any atom is 0.246 e. The molecule has 1 atom stereocenters. The van der Waals surface area contributed by atoms with Gasteiger partial charge in [0, 0.05) is 24.5 Å². The van der Waals surface area contributed by atoms with Crippen molar-refractivity contribution in [2.75, 3.05) is 31.6 Å². The fraction of sp³-hybridized carbons (Fsp3) is 0.316. The van der Waals surface area contributed by atoms with Gasteiger partial charge >= 0.3 is 0 Å². The summed E-state index contributed by atoms with van der Waals surface area (Å²) in [6, 6.07) is 12.0. The first-order chi connectivity index (χ1) is 11.7. The lowest BCUT2D eigenvalue weighted by atomic mass is 10.2. The molecule has 0 aliphatic carbocycles. The zero-order valence-corrected chi connectivity index (χ0v) is 14.8. The lowest BCUT2D eigenvalue weighted by molar-refractivity contribution is -0.125. The molecule has 24 heavy (non-hydrogen) atoms. The van der Waals surface area contributed by atoms with Crippen LogP contribution in [-0.4, -0.2) is 43.6 Å². The van der Waals surface area contributed by atoms with Gasteiger partial charge in [-0.1, -0.05) is 18.2 Å². The molecule has 126 valence electrons. The summed E-state index contributed by atoms with van der Waals surface area (Å²) in [7, 11) is 1.82. The summed E-state index contributed by atoms with van der Waals surface area (Å²) in [4.78, 5) is 17.4. The van der Waals surface area contributed by atoms with Crippen LogP contribution in [0.1, 0.15) is 11.8 Å². The number of likely N-dealkylation sites (N-methyl/N-ethyl adjacent to an activating group) is 2. The SMILES string of the molecule is CCN1C[C@@H](CN(C)C(=O)/C=C/c2cccs2)Oc2ccccc21. The van der Waals surface area contributed by atoms with Gasteiger partial charge in [0.05, 0.1) is 18.8 Å². The van der Waals surface area contributed by atoms with E-state index in [2.05, 4.69) is 17.9 Å². The molecule has 1 aliphatic rings. The first-order valence-corrected chi connectivity index (χ1v) is 9.02. The molecule has 1 amide bonds. The highest BCUT2D eigenvalue weighted by molar-refractivity contribution is 7.10. The van der Waals surface area contributed by atoms with Crippen molar-refractivity contribution in [3.8, 4) is 5.75 Å². The predicted octanol–water partition coefficient (Wildman–Crippen LogP) is 3.51. The highest BCUT2D eigenvalue weighted by Gasteiger charge is 2.26. The number of para-hydroxylation sites is 2. The molecule has 0 N–H and O–H groups in total. The Morgan fingerprint density at radius 1 is 1.38 bits per heavy atom. The fourth-order valence-corrected chi connectivity index (χ4v) is 3.45. The molecule has 1 aliphatic heterocycles. The van der Waals surface area contributed by atoms with Gasteiger partial charge in [0.15, 0.2) is 0 Å². The monoisotopic (exact) mass is 342 g/mol. The van der Waals surface area contributed by atoms with Crippen LogP contribution in [0, 0.1) is 0 Å². The number of hydrogen-bond acceptors (Lipinski definition) is 4. The molecule has 2 aromatic rings. The molecule has 0 saturated carbocycles. The summed E-state index contributed by atoms with van der Waals surface area (Å²) in [5, 5.41) is 2.00. The van der Waals surface area contributed by atoms with E-state index in [1.54, 1.807) is 22.3 Å². The number of fused-ring (bicyclic) bond motifs is 1. The van der Waals surface area contributed by atoms with E-state index in [4.69, 9.17) is 4.74 Å². The molecule has 5 heteroatoms. The number of anilines is 1. The average Bonchev–Trinajstić information content (AvgIpc) is 3.12. The third kappa shape index (κ3) is 3.79. The van der Waals surface area contributed by atoms with Crippen LogP contribution < -0.4 is 9.64 Å². The van der Waals surface area contributed by atoms with Gasteiger partial charge in [-0.2, -0.15) is 0 Å². The highest BCUT2D eigenvalue weighted by Crippen LogP contribution is 2.32. The van der Waals surface area contributed by atoms with Crippen molar-refractivity contribution in [1.82, 2.24) is 4.90 Å². The molecule has 1 aromatic carbocycles. The maximum absolute atomic E-state index is 12.3. The molecule has 0 saturated heterocycles. The van der Waals surface area contributed by atoms with Gasteiger partial charge < -0.3 is 14.5 Å². The third-order valence-corrected chi connectivity index (χ3v) is 4.93. The quantitative estimate of drug-likeness (QED) is 0.780. The van der Waals surface area contributed by atoms with E-state index >= 15 is 0 Å². The lowest BCUT2D eigenvalue weighted by Gasteiger charge is -2.37. The first kappa shape index (κ1) is 16.6. The van der Waals surface area contributed by atoms with Crippen LogP contribution in [0.4, 0.5) is 5.69 Å². The van der Waals surface area contributed by atoms with E-state index in [9.17, 15) is 4.79 Å². The van der Waals surface area contributed by atoms with Crippen LogP contribution >= 0.6 is 11.3 Å². The van der Waals surface area contributed by atoms with Crippen LogP contribution in [0.2, 0.25) is 0 Å². The van der Waals surface area contributed by atoms with Crippen molar-refractivity contribution in [3.63, 3.8) is 0 Å². The summed E-state index contributed by atoms with van der Waals surface area (Å²) in [5.41, 5.74) is 1.13. The molecule has 3 rings (SSSR count). The number of carbonyl (C=O) groups excluding carboxylic acids is 1. The smallest absolute Gasteiger partial charge is 0.246 e. The Balaban J connectivity index is 1.62. The van der Waals surface area contributed by atoms with E-state index in [0.29, 0.717) is 6.54 Å². The Labute approximate surface area is 147 Å². The van der Waals surface area contributed by atoms with E-state index in [-0.39, 0.29) is 12.0 Å². The van der Waals surface area contributed by atoms with Crippen LogP contribution in [0.5, 0.6) is 5.75 Å². The van der Waals surface area contributed by atoms with Crippen molar-refractivity contribution in [2.24, 2.45) is 0 Å². The zero-order chi connectivity index (χ0) is 16.9. The lowest BCUT2D eigenvalue weighted by Crippen LogP contribution is -2.46. The van der Waals surface area contributed by atoms with Crippen LogP contribution in [0.15, 0.2) is 47.9 Å². The molecule has 0 spiro atoms. The number of nitrogens with zero attached hydrogens (tertiary/aromatic N) is 2. The van der Waals surface area contributed by atoms with Crippen LogP contribution in [0.3, 0.4) is 0 Å². The van der Waals surface area contributed by atoms with E-state index in [0.717, 1.165) is 29.4 Å². The van der Waals surface area contributed by atoms with Gasteiger partial charge in [0.2, 0.25) is 5.91 Å². The van der Waals surface area contributed by atoms with Gasteiger partial charge in [-0.05, 0) is 36.6 Å². The van der Waals surface area contributed by atoms with E-state index in [1.165, 1.54) is 0 Å². The third-order valence-electron chi connectivity index (χ3n) is 4.09. The Kier molecular flexibility index (Phi) is 5.20. The molecule has 0 fully saturated rings. The zero-order valence-electron chi connectivity index (χ0n) is 14.0. The molecule has 0 bridgehead atoms. The van der Waals surface area contributed by atoms with Gasteiger partial charge in [0.25, 0.3) is 0 Å². The van der Waals surface area contributed by atoms with Crippen LogP contribution in [-0.2, 0) is 4.79 Å². The molecule has 0 unspecified atom stereocenters. The second-order valence-electron chi connectivity index (χ2n) is 5.81. The minimum atomic E-state index is -0.0241. The summed E-state index contributed by atoms with van der Waals surface area (Å²) >= 11 is 1.62. The van der Waals surface area contributed by atoms with Gasteiger partial charge in [-0.25, -0.2) is 0 Å². The topological polar surface area (TPSA) is 32.8 Å². The summed E-state index contributed by atoms with van der Waals surface area (Å²) in [6.45, 7) is 4.42. The second kappa shape index (κ2) is 7.53. The fourth-order valence-electron chi connectivity index (χ4n) is 2.84. The first-order valence-electron chi connectivity index (χ1n) is 8.14. The Hall–Kier alpha value is -2.27. The van der Waals surface area contributed by atoms with Crippen molar-refractivity contribution in [3.05, 3.63) is 52.7 Å². The van der Waals surface area contributed by atoms with Gasteiger partial charge in [0.1, 0.15) is 11.9 Å². The number of amides is 1. The van der Waals surface area contributed by atoms with Gasteiger partial charge in [-0.15, -0.1) is 11.3 Å². The Bertz CT molecular complexity index is 712. The molecule has 0 radical (unpaired) electrons.